The fourth-order valence-electron chi connectivity index (χ4n) is 1.78. The van der Waals surface area contributed by atoms with Gasteiger partial charge >= 0.3 is 0 Å². The molecular formula is C16H13N5S. The van der Waals surface area contributed by atoms with E-state index in [9.17, 15) is 0 Å². The number of hydrogen-bond acceptors (Lipinski definition) is 6. The maximum atomic E-state index is 5.76. The predicted molar refractivity (Wildman–Crippen MR) is 91.5 cm³/mol. The lowest BCUT2D eigenvalue weighted by Gasteiger charge is -1.95. The molecule has 2 aromatic heterocycles. The van der Waals surface area contributed by atoms with Crippen LogP contribution in [0.15, 0.2) is 36.7 Å². The summed E-state index contributed by atoms with van der Waals surface area (Å²) in [4.78, 5) is 12.8. The molecule has 0 atom stereocenters. The molecule has 0 radical (unpaired) electrons. The molecule has 0 spiro atoms. The summed E-state index contributed by atoms with van der Waals surface area (Å²) in [7, 11) is 1.80. The number of nitrogens with two attached hydrogens (primary N) is 1. The standard InChI is InChI=1S/C16H13N5S/c1-18-15-10-19-12(9-20-15)4-2-3-5-16-21-13-7-6-11(17)8-14(13)22-16/h3,5-10H,17H2,1H3,(H,18,20). The fourth-order valence-corrected chi connectivity index (χ4v) is 2.70. The molecule has 0 saturated heterocycles. The van der Waals surface area contributed by atoms with Crippen molar-refractivity contribution in [2.75, 3.05) is 18.1 Å². The van der Waals surface area contributed by atoms with E-state index in [1.165, 1.54) is 0 Å². The highest BCUT2D eigenvalue weighted by Crippen LogP contribution is 2.24. The highest BCUT2D eigenvalue weighted by Gasteiger charge is 2.00. The van der Waals surface area contributed by atoms with E-state index in [4.69, 9.17) is 5.73 Å². The van der Waals surface area contributed by atoms with Crippen LogP contribution in [0.5, 0.6) is 0 Å². The van der Waals surface area contributed by atoms with E-state index in [1.807, 2.05) is 24.3 Å². The van der Waals surface area contributed by atoms with Crippen molar-refractivity contribution >= 4 is 39.1 Å². The normalized spacial score (nSPS) is 10.6. The van der Waals surface area contributed by atoms with E-state index >= 15 is 0 Å². The second kappa shape index (κ2) is 6.24. The van der Waals surface area contributed by atoms with Crippen molar-refractivity contribution in [2.24, 2.45) is 0 Å². The Hall–Kier alpha value is -2.91. The van der Waals surface area contributed by atoms with Gasteiger partial charge in [0.1, 0.15) is 16.5 Å². The molecule has 6 heteroatoms. The Balaban J connectivity index is 1.74. The Bertz CT molecular complexity index is 884. The molecule has 3 aromatic rings. The van der Waals surface area contributed by atoms with Gasteiger partial charge in [-0.2, -0.15) is 0 Å². The number of nitrogens with one attached hydrogen (secondary N) is 1. The molecule has 0 aliphatic rings. The average Bonchev–Trinajstić information content (AvgIpc) is 2.94. The van der Waals surface area contributed by atoms with Gasteiger partial charge in [-0.1, -0.05) is 5.92 Å². The number of anilines is 2. The highest BCUT2D eigenvalue weighted by atomic mass is 32.1. The topological polar surface area (TPSA) is 76.7 Å². The van der Waals surface area contributed by atoms with Crippen LogP contribution in [0.3, 0.4) is 0 Å². The first kappa shape index (κ1) is 14.0. The molecule has 0 aliphatic carbocycles. The molecule has 2 heterocycles. The summed E-state index contributed by atoms with van der Waals surface area (Å²) in [6.07, 6.45) is 6.91. The van der Waals surface area contributed by atoms with Gasteiger partial charge < -0.3 is 11.1 Å². The van der Waals surface area contributed by atoms with Crippen LogP contribution < -0.4 is 11.1 Å². The van der Waals surface area contributed by atoms with Crippen LogP contribution in [-0.2, 0) is 0 Å². The molecular weight excluding hydrogens is 294 g/mol. The van der Waals surface area contributed by atoms with E-state index in [-0.39, 0.29) is 0 Å². The van der Waals surface area contributed by atoms with Crippen LogP contribution in [0.4, 0.5) is 11.5 Å². The number of hydrogen-bond donors (Lipinski definition) is 2. The van der Waals surface area contributed by atoms with Crippen LogP contribution in [0.1, 0.15) is 10.7 Å². The van der Waals surface area contributed by atoms with Crippen molar-refractivity contribution in [3.63, 3.8) is 0 Å². The minimum absolute atomic E-state index is 0.626. The molecule has 0 unspecified atom stereocenters. The largest absolute Gasteiger partial charge is 0.399 e. The molecule has 0 fully saturated rings. The number of nitrogen functional groups attached to an aromatic ring is 1. The van der Waals surface area contributed by atoms with Gasteiger partial charge in [-0.3, -0.25) is 0 Å². The van der Waals surface area contributed by atoms with Gasteiger partial charge in [-0.15, -0.1) is 11.3 Å². The van der Waals surface area contributed by atoms with E-state index in [2.05, 4.69) is 32.1 Å². The maximum Gasteiger partial charge on any atom is 0.144 e. The van der Waals surface area contributed by atoms with E-state index in [0.717, 1.165) is 26.7 Å². The van der Waals surface area contributed by atoms with Crippen molar-refractivity contribution in [2.45, 2.75) is 0 Å². The number of aromatic nitrogens is 3. The zero-order valence-electron chi connectivity index (χ0n) is 11.9. The average molecular weight is 307 g/mol. The molecule has 0 saturated carbocycles. The van der Waals surface area contributed by atoms with Crippen molar-refractivity contribution in [1.29, 1.82) is 0 Å². The molecule has 3 rings (SSSR count). The summed E-state index contributed by atoms with van der Waals surface area (Å²) < 4.78 is 1.07. The number of fused-ring (bicyclic) bond motifs is 1. The zero-order valence-corrected chi connectivity index (χ0v) is 12.7. The predicted octanol–water partition coefficient (Wildman–Crippen LogP) is 2.78. The van der Waals surface area contributed by atoms with Crippen molar-refractivity contribution in [1.82, 2.24) is 15.0 Å². The monoisotopic (exact) mass is 307 g/mol. The number of thiazole rings is 1. The summed E-state index contributed by atoms with van der Waals surface area (Å²) >= 11 is 1.58. The van der Waals surface area contributed by atoms with Crippen LogP contribution in [0.2, 0.25) is 0 Å². The van der Waals surface area contributed by atoms with Gasteiger partial charge in [-0.05, 0) is 36.3 Å². The number of benzene rings is 1. The summed E-state index contributed by atoms with van der Waals surface area (Å²) in [5, 5.41) is 3.80. The minimum Gasteiger partial charge on any atom is -0.399 e. The highest BCUT2D eigenvalue weighted by molar-refractivity contribution is 7.19. The first-order valence-corrected chi connectivity index (χ1v) is 7.40. The molecule has 0 amide bonds. The number of allylic oxidation sites excluding steroid dienone is 1. The quantitative estimate of drug-likeness (QED) is 0.562. The second-order valence-electron chi connectivity index (χ2n) is 4.42. The fraction of sp³-hybridized carbons (Fsp3) is 0.0625. The first-order valence-electron chi connectivity index (χ1n) is 6.58. The summed E-state index contributed by atoms with van der Waals surface area (Å²) in [5.74, 6) is 6.58. The van der Waals surface area contributed by atoms with E-state index in [1.54, 1.807) is 36.9 Å². The van der Waals surface area contributed by atoms with Crippen molar-refractivity contribution in [3.8, 4) is 11.8 Å². The van der Waals surface area contributed by atoms with E-state index in [0.29, 0.717) is 5.69 Å². The Morgan fingerprint density at radius 2 is 2.18 bits per heavy atom. The van der Waals surface area contributed by atoms with Gasteiger partial charge in [0.2, 0.25) is 0 Å². The molecule has 1 aromatic carbocycles. The molecule has 108 valence electrons. The summed E-state index contributed by atoms with van der Waals surface area (Å²) in [6.45, 7) is 0. The third-order valence-electron chi connectivity index (χ3n) is 2.85. The Morgan fingerprint density at radius 3 is 2.95 bits per heavy atom. The zero-order chi connectivity index (χ0) is 15.4. The summed E-state index contributed by atoms with van der Waals surface area (Å²) in [6, 6.07) is 5.70. The lowest BCUT2D eigenvalue weighted by atomic mass is 10.3. The molecule has 3 N–H and O–H groups in total. The van der Waals surface area contributed by atoms with Gasteiger partial charge in [-0.25, -0.2) is 15.0 Å². The number of rotatable bonds is 2. The third-order valence-corrected chi connectivity index (χ3v) is 3.83. The molecule has 5 nitrogen and oxygen atoms in total. The van der Waals surface area contributed by atoms with Crippen LogP contribution in [0.25, 0.3) is 16.3 Å². The van der Waals surface area contributed by atoms with Gasteiger partial charge in [0.15, 0.2) is 0 Å². The second-order valence-corrected chi connectivity index (χ2v) is 5.48. The molecule has 22 heavy (non-hydrogen) atoms. The Morgan fingerprint density at radius 1 is 1.27 bits per heavy atom. The van der Waals surface area contributed by atoms with Gasteiger partial charge in [0.25, 0.3) is 0 Å². The SMILES string of the molecule is CNc1cnc(C#CC=Cc2nc3ccc(N)cc3s2)cn1. The van der Waals surface area contributed by atoms with Crippen molar-refractivity contribution < 1.29 is 0 Å². The molecule has 0 bridgehead atoms. The van der Waals surface area contributed by atoms with Crippen LogP contribution >= 0.6 is 11.3 Å². The Labute approximate surface area is 131 Å². The Kier molecular flexibility index (Phi) is 3.99. The summed E-state index contributed by atoms with van der Waals surface area (Å²) in [5.41, 5.74) is 8.08. The lowest BCUT2D eigenvalue weighted by Crippen LogP contribution is -1.93. The number of nitrogens with zero attached hydrogens (tertiary/aromatic N) is 3. The van der Waals surface area contributed by atoms with Crippen LogP contribution in [0, 0.1) is 11.8 Å². The van der Waals surface area contributed by atoms with Crippen molar-refractivity contribution in [3.05, 3.63) is 47.4 Å². The lowest BCUT2D eigenvalue weighted by molar-refractivity contribution is 1.16. The van der Waals surface area contributed by atoms with Gasteiger partial charge in [0, 0.05) is 12.7 Å². The first-order chi connectivity index (χ1) is 10.7. The van der Waals surface area contributed by atoms with Gasteiger partial charge in [0.05, 0.1) is 22.6 Å². The maximum absolute atomic E-state index is 5.76. The van der Waals surface area contributed by atoms with Crippen LogP contribution in [-0.4, -0.2) is 22.0 Å². The minimum atomic E-state index is 0.626. The molecule has 0 aliphatic heterocycles. The third kappa shape index (κ3) is 3.22. The smallest absolute Gasteiger partial charge is 0.144 e. The van der Waals surface area contributed by atoms with E-state index < -0.39 is 0 Å².